The van der Waals surface area contributed by atoms with E-state index in [4.69, 9.17) is 28.7 Å². The van der Waals surface area contributed by atoms with Gasteiger partial charge >= 0.3 is 0 Å². The smallest absolute Gasteiger partial charge is 0.237 e. The SMILES string of the molecule is CC(C)(C)c1cc(C(C)(C)C)c2c(CC(N)C(=O)NCC(CCCN=C(N)N)(CCCN=C(N)N)C(=O)NCc3ccccc3)c(C(C)(C)C)[nH]c2c1. The highest BCUT2D eigenvalue weighted by Crippen LogP contribution is 2.41. The maximum Gasteiger partial charge on any atom is 0.237 e. The first-order valence-corrected chi connectivity index (χ1v) is 18.7. The van der Waals surface area contributed by atoms with Gasteiger partial charge < -0.3 is 44.3 Å². The summed E-state index contributed by atoms with van der Waals surface area (Å²) in [5.74, 6) is -0.572. The van der Waals surface area contributed by atoms with Crippen molar-refractivity contribution >= 4 is 34.6 Å². The second kappa shape index (κ2) is 17.5. The van der Waals surface area contributed by atoms with Gasteiger partial charge in [0.1, 0.15) is 0 Å². The summed E-state index contributed by atoms with van der Waals surface area (Å²) in [6.45, 7) is 20.9. The molecule has 1 atom stereocenters. The van der Waals surface area contributed by atoms with Crippen LogP contribution in [0.4, 0.5) is 0 Å². The molecule has 292 valence electrons. The fourth-order valence-electron chi connectivity index (χ4n) is 6.80. The molecule has 0 spiro atoms. The molecule has 12 nitrogen and oxygen atoms in total. The maximum atomic E-state index is 14.2. The Morgan fingerprint density at radius 3 is 1.83 bits per heavy atom. The van der Waals surface area contributed by atoms with Crippen molar-refractivity contribution in [1.82, 2.24) is 15.6 Å². The van der Waals surface area contributed by atoms with E-state index in [9.17, 15) is 9.59 Å². The van der Waals surface area contributed by atoms with E-state index in [1.54, 1.807) is 0 Å². The van der Waals surface area contributed by atoms with Crippen LogP contribution in [0, 0.1) is 5.41 Å². The number of guanidine groups is 2. The summed E-state index contributed by atoms with van der Waals surface area (Å²) < 4.78 is 0. The van der Waals surface area contributed by atoms with Gasteiger partial charge in [0.25, 0.3) is 0 Å². The van der Waals surface area contributed by atoms with Crippen LogP contribution in [0.1, 0.15) is 116 Å². The second-order valence-electron chi connectivity index (χ2n) is 17.5. The van der Waals surface area contributed by atoms with Crippen LogP contribution in [0.25, 0.3) is 10.9 Å². The predicted molar refractivity (Wildman–Crippen MR) is 220 cm³/mol. The topological polar surface area (TPSA) is 229 Å². The van der Waals surface area contributed by atoms with Gasteiger partial charge in [-0.2, -0.15) is 0 Å². The van der Waals surface area contributed by atoms with Crippen LogP contribution in [-0.4, -0.2) is 54.4 Å². The molecule has 0 aliphatic heterocycles. The lowest BCUT2D eigenvalue weighted by atomic mass is 9.77. The van der Waals surface area contributed by atoms with E-state index >= 15 is 0 Å². The highest BCUT2D eigenvalue weighted by atomic mass is 16.2. The summed E-state index contributed by atoms with van der Waals surface area (Å²) in [5.41, 5.74) is 34.3. The molecule has 0 aliphatic rings. The number of hydrogen-bond acceptors (Lipinski definition) is 5. The molecular formula is C41H66N10O2. The molecule has 2 amide bonds. The van der Waals surface area contributed by atoms with Gasteiger partial charge in [-0.25, -0.2) is 0 Å². The van der Waals surface area contributed by atoms with E-state index in [1.165, 1.54) is 11.1 Å². The van der Waals surface area contributed by atoms with Crippen molar-refractivity contribution in [2.45, 2.75) is 123 Å². The number of aromatic amines is 1. The molecular weight excluding hydrogens is 665 g/mol. The Labute approximate surface area is 316 Å². The zero-order valence-electron chi connectivity index (χ0n) is 33.6. The van der Waals surface area contributed by atoms with Crippen LogP contribution < -0.4 is 39.3 Å². The molecule has 0 aliphatic carbocycles. The Kier molecular flexibility index (Phi) is 14.1. The quantitative estimate of drug-likeness (QED) is 0.0599. The number of nitrogens with zero attached hydrogens (tertiary/aromatic N) is 2. The van der Waals surface area contributed by atoms with E-state index in [2.05, 4.69) is 100 Å². The van der Waals surface area contributed by atoms with Crippen molar-refractivity contribution in [1.29, 1.82) is 0 Å². The number of hydrogen-bond donors (Lipinski definition) is 8. The Balaban J connectivity index is 2.00. The van der Waals surface area contributed by atoms with E-state index < -0.39 is 11.5 Å². The number of benzene rings is 2. The summed E-state index contributed by atoms with van der Waals surface area (Å²) in [6.07, 6.45) is 2.15. The largest absolute Gasteiger partial charge is 0.370 e. The average molecular weight is 731 g/mol. The number of aliphatic imine (C=N–C) groups is 2. The fourth-order valence-corrected chi connectivity index (χ4v) is 6.80. The number of amides is 2. The lowest BCUT2D eigenvalue weighted by Crippen LogP contribution is -2.51. The Bertz CT molecular complexity index is 1720. The van der Waals surface area contributed by atoms with Crippen LogP contribution >= 0.6 is 0 Å². The van der Waals surface area contributed by atoms with Crippen molar-refractivity contribution in [3.8, 4) is 0 Å². The summed E-state index contributed by atoms with van der Waals surface area (Å²) in [6, 6.07) is 13.3. The first-order valence-electron chi connectivity index (χ1n) is 18.7. The van der Waals surface area contributed by atoms with Crippen molar-refractivity contribution in [2.24, 2.45) is 44.1 Å². The Morgan fingerprint density at radius 2 is 1.34 bits per heavy atom. The number of nitrogens with two attached hydrogens (primary N) is 5. The molecule has 12 heteroatoms. The molecule has 0 saturated heterocycles. The number of rotatable bonds is 16. The zero-order chi connectivity index (χ0) is 39.8. The molecule has 0 radical (unpaired) electrons. The average Bonchev–Trinajstić information content (AvgIpc) is 3.43. The van der Waals surface area contributed by atoms with E-state index in [0.717, 1.165) is 27.7 Å². The van der Waals surface area contributed by atoms with Crippen molar-refractivity contribution in [2.75, 3.05) is 19.6 Å². The number of carbonyl (C=O) groups excluding carboxylic acids is 2. The normalized spacial score (nSPS) is 13.0. The van der Waals surface area contributed by atoms with Crippen molar-refractivity contribution < 1.29 is 9.59 Å². The highest BCUT2D eigenvalue weighted by Gasteiger charge is 2.38. The van der Waals surface area contributed by atoms with Gasteiger partial charge in [0.15, 0.2) is 11.9 Å². The van der Waals surface area contributed by atoms with Gasteiger partial charge in [0.2, 0.25) is 11.8 Å². The molecule has 0 bridgehead atoms. The van der Waals surface area contributed by atoms with Gasteiger partial charge in [0, 0.05) is 48.2 Å². The first-order chi connectivity index (χ1) is 24.5. The van der Waals surface area contributed by atoms with Gasteiger partial charge in [-0.1, -0.05) is 98.7 Å². The minimum atomic E-state index is -1.01. The number of fused-ring (bicyclic) bond motifs is 1. The maximum absolute atomic E-state index is 14.2. The van der Waals surface area contributed by atoms with Gasteiger partial charge in [0.05, 0.1) is 11.5 Å². The van der Waals surface area contributed by atoms with E-state index in [0.29, 0.717) is 51.7 Å². The van der Waals surface area contributed by atoms with Gasteiger partial charge in [-0.3, -0.25) is 19.6 Å². The third-order valence-corrected chi connectivity index (χ3v) is 9.78. The second-order valence-corrected chi connectivity index (χ2v) is 17.5. The van der Waals surface area contributed by atoms with Crippen LogP contribution in [0.15, 0.2) is 52.4 Å². The van der Waals surface area contributed by atoms with Crippen LogP contribution in [-0.2, 0) is 38.8 Å². The molecule has 1 unspecified atom stereocenters. The summed E-state index contributed by atoms with van der Waals surface area (Å²) >= 11 is 0. The molecule has 1 heterocycles. The fraction of sp³-hybridized carbons (Fsp3) is 0.561. The standard InChI is InChI=1S/C41H66N10O2/c1-38(2,3)27-21-29(39(4,5)6)32-28(33(40(7,8)9)51-31(32)22-27)23-30(42)34(52)50-25-41(17-13-19-47-36(43)44,18-14-20-48-37(45)46)35(53)49-24-26-15-11-10-12-16-26/h10-12,15-16,21-22,30,51H,13-14,17-20,23-25,42H2,1-9H3,(H,49,53)(H,50,52)(H4,43,44,47)(H4,45,46,48). The lowest BCUT2D eigenvalue weighted by Gasteiger charge is -2.33. The number of aromatic nitrogens is 1. The summed E-state index contributed by atoms with van der Waals surface area (Å²) in [5, 5.41) is 7.32. The highest BCUT2D eigenvalue weighted by molar-refractivity contribution is 5.92. The minimum Gasteiger partial charge on any atom is -0.370 e. The van der Waals surface area contributed by atoms with Crippen LogP contribution in [0.5, 0.6) is 0 Å². The molecule has 3 aromatic rings. The molecule has 1 aromatic heterocycles. The monoisotopic (exact) mass is 731 g/mol. The first kappa shape index (κ1) is 42.8. The number of carbonyl (C=O) groups is 2. The minimum absolute atomic E-state index is 0.0210. The van der Waals surface area contributed by atoms with Crippen LogP contribution in [0.3, 0.4) is 0 Å². The third kappa shape index (κ3) is 12.0. The molecule has 2 aromatic carbocycles. The lowest BCUT2D eigenvalue weighted by molar-refractivity contribution is -0.133. The summed E-state index contributed by atoms with van der Waals surface area (Å²) in [7, 11) is 0. The van der Waals surface area contributed by atoms with Gasteiger partial charge in [-0.05, 0) is 71.3 Å². The molecule has 53 heavy (non-hydrogen) atoms. The number of nitrogens with one attached hydrogen (secondary N) is 3. The van der Waals surface area contributed by atoms with Crippen LogP contribution in [0.2, 0.25) is 0 Å². The third-order valence-electron chi connectivity index (χ3n) is 9.78. The Morgan fingerprint density at radius 1 is 0.774 bits per heavy atom. The van der Waals surface area contributed by atoms with E-state index in [1.807, 2.05) is 30.3 Å². The molecule has 0 saturated carbocycles. The predicted octanol–water partition coefficient (Wildman–Crippen LogP) is 4.46. The summed E-state index contributed by atoms with van der Waals surface area (Å²) in [4.78, 5) is 40.3. The van der Waals surface area contributed by atoms with Gasteiger partial charge in [-0.15, -0.1) is 0 Å². The molecule has 0 fully saturated rings. The Hall–Kier alpha value is -4.58. The van der Waals surface area contributed by atoms with Crippen molar-refractivity contribution in [3.05, 3.63) is 70.4 Å². The number of H-pyrrole nitrogens is 1. The van der Waals surface area contributed by atoms with Crippen molar-refractivity contribution in [3.63, 3.8) is 0 Å². The molecule has 13 N–H and O–H groups in total. The van der Waals surface area contributed by atoms with E-state index in [-0.39, 0.29) is 46.5 Å². The zero-order valence-corrected chi connectivity index (χ0v) is 33.6. The molecule has 3 rings (SSSR count).